The van der Waals surface area contributed by atoms with E-state index in [1.54, 1.807) is 23.2 Å². The number of nitrogens with zero attached hydrogens (tertiary/aromatic N) is 3. The molecule has 2 saturated heterocycles. The average molecular weight is 474 g/mol. The lowest BCUT2D eigenvalue weighted by Gasteiger charge is -2.44. The van der Waals surface area contributed by atoms with E-state index in [0.29, 0.717) is 48.5 Å². The van der Waals surface area contributed by atoms with Crippen LogP contribution in [0.3, 0.4) is 0 Å². The molecule has 0 radical (unpaired) electrons. The lowest BCUT2D eigenvalue weighted by Crippen LogP contribution is -2.61. The average Bonchev–Trinajstić information content (AvgIpc) is 3.36. The number of ether oxygens (including phenoxy) is 4. The number of anilines is 1. The summed E-state index contributed by atoms with van der Waals surface area (Å²) in [4.78, 5) is 21.3. The molecule has 0 spiro atoms. The third-order valence-corrected chi connectivity index (χ3v) is 6.32. The van der Waals surface area contributed by atoms with E-state index in [-0.39, 0.29) is 18.2 Å². The van der Waals surface area contributed by atoms with Gasteiger partial charge in [-0.05, 0) is 45.0 Å². The molecule has 3 aliphatic rings. The second kappa shape index (κ2) is 7.95. The Labute approximate surface area is 198 Å². The van der Waals surface area contributed by atoms with Gasteiger partial charge in [0.1, 0.15) is 11.3 Å². The number of para-hydroxylation sites is 1. The molecule has 0 saturated carbocycles. The number of carbonyl (C=O) groups is 1. The fraction of sp³-hybridized carbons (Fsp3) is 0.500. The third-order valence-electron chi connectivity index (χ3n) is 6.09. The number of piperazine rings is 1. The highest BCUT2D eigenvalue weighted by molar-refractivity contribution is 6.30. The van der Waals surface area contributed by atoms with Gasteiger partial charge < -0.3 is 23.8 Å². The zero-order valence-corrected chi connectivity index (χ0v) is 20.0. The monoisotopic (exact) mass is 473 g/mol. The van der Waals surface area contributed by atoms with Crippen molar-refractivity contribution in [2.75, 3.05) is 31.2 Å². The molecule has 5 rings (SSSR count). The number of carbonyl (C=O) groups excluding carboxylic acids is 1. The van der Waals surface area contributed by atoms with E-state index in [1.807, 2.05) is 45.9 Å². The topological polar surface area (TPSA) is 73.4 Å². The first-order valence-corrected chi connectivity index (χ1v) is 11.5. The summed E-state index contributed by atoms with van der Waals surface area (Å²) in [5.74, 6) is 0.248. The first-order chi connectivity index (χ1) is 15.6. The maximum absolute atomic E-state index is 12.8. The van der Waals surface area contributed by atoms with E-state index in [2.05, 4.69) is 9.88 Å². The predicted octanol–water partition coefficient (Wildman–Crippen LogP) is 4.20. The number of halogens is 1. The normalized spacial score (nSPS) is 26.3. The van der Waals surface area contributed by atoms with Gasteiger partial charge in [0, 0.05) is 26.2 Å². The zero-order valence-electron chi connectivity index (χ0n) is 19.2. The molecule has 1 aromatic heterocycles. The molecule has 0 N–H and O–H groups in total. The van der Waals surface area contributed by atoms with Crippen molar-refractivity contribution < 1.29 is 23.7 Å². The van der Waals surface area contributed by atoms with E-state index in [9.17, 15) is 4.79 Å². The summed E-state index contributed by atoms with van der Waals surface area (Å²) in [5.41, 5.74) is 0.995. The largest absolute Gasteiger partial charge is 0.444 e. The molecule has 3 atom stereocenters. The summed E-state index contributed by atoms with van der Waals surface area (Å²) in [6.45, 7) is 9.61. The van der Waals surface area contributed by atoms with Gasteiger partial charge >= 0.3 is 6.09 Å². The summed E-state index contributed by atoms with van der Waals surface area (Å²) >= 11 is 6.00. The maximum atomic E-state index is 12.8. The van der Waals surface area contributed by atoms with Crippen LogP contribution in [-0.2, 0) is 15.3 Å². The second-order valence-corrected chi connectivity index (χ2v) is 10.1. The van der Waals surface area contributed by atoms with Crippen LogP contribution in [0.2, 0.25) is 5.02 Å². The summed E-state index contributed by atoms with van der Waals surface area (Å²) < 4.78 is 24.0. The highest BCUT2D eigenvalue weighted by Crippen LogP contribution is 2.50. The summed E-state index contributed by atoms with van der Waals surface area (Å²) in [6, 6.07) is 9.31. The fourth-order valence-corrected chi connectivity index (χ4v) is 4.72. The Balaban J connectivity index is 1.41. The molecular weight excluding hydrogens is 446 g/mol. The van der Waals surface area contributed by atoms with Crippen molar-refractivity contribution in [1.29, 1.82) is 0 Å². The van der Waals surface area contributed by atoms with Gasteiger partial charge in [-0.3, -0.25) is 9.88 Å². The number of hydrogen-bond donors (Lipinski definition) is 0. The third kappa shape index (κ3) is 4.06. The molecule has 0 aliphatic carbocycles. The lowest BCUT2D eigenvalue weighted by atomic mass is 10.0. The minimum absolute atomic E-state index is 0.0121. The maximum Gasteiger partial charge on any atom is 0.410 e. The molecule has 9 heteroatoms. The van der Waals surface area contributed by atoms with Gasteiger partial charge in [-0.15, -0.1) is 0 Å². The molecule has 2 aromatic rings. The smallest absolute Gasteiger partial charge is 0.410 e. The standard InChI is InChI=1S/C24H28ClN3O5/c1-23(2,3)33-22(29)28-11-10-27(17-13-30-14-18(17)28)16-6-5-7-19-21(16)32-24(4,31-19)20-9-8-15(25)12-26-20/h5-9,12,17-18H,10-11,13-14H2,1-4H3/t17-,18+,24+/m0/s1. The molecule has 0 unspecified atom stereocenters. The number of fused-ring (bicyclic) bond motifs is 2. The molecule has 8 nitrogen and oxygen atoms in total. The van der Waals surface area contributed by atoms with Crippen LogP contribution >= 0.6 is 11.6 Å². The number of aromatic nitrogens is 1. The second-order valence-electron chi connectivity index (χ2n) is 9.66. The van der Waals surface area contributed by atoms with Crippen molar-refractivity contribution in [3.8, 4) is 11.5 Å². The van der Waals surface area contributed by atoms with Crippen LogP contribution in [0.5, 0.6) is 11.5 Å². The number of pyridine rings is 1. The van der Waals surface area contributed by atoms with Crippen LogP contribution in [0.1, 0.15) is 33.4 Å². The first-order valence-electron chi connectivity index (χ1n) is 11.1. The highest BCUT2D eigenvalue weighted by Gasteiger charge is 2.47. The van der Waals surface area contributed by atoms with Gasteiger partial charge in [0.25, 0.3) is 5.79 Å². The fourth-order valence-electron chi connectivity index (χ4n) is 4.61. The molecular formula is C24H28ClN3O5. The molecule has 4 heterocycles. The van der Waals surface area contributed by atoms with Crippen LogP contribution in [0.25, 0.3) is 0 Å². The molecule has 1 amide bonds. The number of hydrogen-bond acceptors (Lipinski definition) is 7. The number of amides is 1. The molecule has 2 fully saturated rings. The molecule has 33 heavy (non-hydrogen) atoms. The van der Waals surface area contributed by atoms with E-state index >= 15 is 0 Å². The van der Waals surface area contributed by atoms with Crippen molar-refractivity contribution in [3.05, 3.63) is 47.2 Å². The SMILES string of the molecule is CC(C)(C)OC(=O)N1CCN(c2cccc3c2O[C@](C)(c2ccc(Cl)cn2)O3)[C@H]2COC[C@H]21. The minimum Gasteiger partial charge on any atom is -0.444 e. The van der Waals surface area contributed by atoms with Crippen LogP contribution < -0.4 is 14.4 Å². The number of benzene rings is 1. The lowest BCUT2D eigenvalue weighted by molar-refractivity contribution is -0.0716. The Hall–Kier alpha value is -2.71. The first kappa shape index (κ1) is 22.1. The summed E-state index contributed by atoms with van der Waals surface area (Å²) in [6.07, 6.45) is 1.27. The van der Waals surface area contributed by atoms with Crippen LogP contribution in [0.4, 0.5) is 10.5 Å². The van der Waals surface area contributed by atoms with Gasteiger partial charge in [0.2, 0.25) is 0 Å². The van der Waals surface area contributed by atoms with E-state index in [0.717, 1.165) is 5.69 Å². The van der Waals surface area contributed by atoms with Crippen molar-refractivity contribution in [3.63, 3.8) is 0 Å². The summed E-state index contributed by atoms with van der Waals surface area (Å²) in [7, 11) is 0. The molecule has 3 aliphatic heterocycles. The Bertz CT molecular complexity index is 1060. The Morgan fingerprint density at radius 3 is 2.67 bits per heavy atom. The quantitative estimate of drug-likeness (QED) is 0.647. The van der Waals surface area contributed by atoms with Gasteiger partial charge in [-0.1, -0.05) is 17.7 Å². The van der Waals surface area contributed by atoms with Crippen molar-refractivity contribution >= 4 is 23.4 Å². The van der Waals surface area contributed by atoms with Crippen LogP contribution in [0.15, 0.2) is 36.5 Å². The van der Waals surface area contributed by atoms with Gasteiger partial charge in [-0.2, -0.15) is 0 Å². The Morgan fingerprint density at radius 1 is 1.15 bits per heavy atom. The van der Waals surface area contributed by atoms with Crippen molar-refractivity contribution in [2.45, 2.75) is 51.2 Å². The van der Waals surface area contributed by atoms with Gasteiger partial charge in [0.15, 0.2) is 11.5 Å². The van der Waals surface area contributed by atoms with E-state index < -0.39 is 11.4 Å². The van der Waals surface area contributed by atoms with E-state index in [4.69, 9.17) is 30.5 Å². The highest BCUT2D eigenvalue weighted by atomic mass is 35.5. The Kier molecular flexibility index (Phi) is 5.33. The predicted molar refractivity (Wildman–Crippen MR) is 123 cm³/mol. The van der Waals surface area contributed by atoms with Gasteiger partial charge in [-0.25, -0.2) is 4.79 Å². The van der Waals surface area contributed by atoms with Crippen molar-refractivity contribution in [1.82, 2.24) is 9.88 Å². The number of rotatable bonds is 2. The summed E-state index contributed by atoms with van der Waals surface area (Å²) in [5, 5.41) is 0.550. The van der Waals surface area contributed by atoms with Crippen molar-refractivity contribution in [2.24, 2.45) is 0 Å². The molecule has 0 bridgehead atoms. The molecule has 1 aromatic carbocycles. The molecule has 176 valence electrons. The zero-order chi connectivity index (χ0) is 23.4. The van der Waals surface area contributed by atoms with Crippen LogP contribution in [-0.4, -0.2) is 60.0 Å². The Morgan fingerprint density at radius 2 is 1.94 bits per heavy atom. The minimum atomic E-state index is -1.06. The van der Waals surface area contributed by atoms with E-state index in [1.165, 1.54) is 0 Å². The van der Waals surface area contributed by atoms with Gasteiger partial charge in [0.05, 0.1) is 36.0 Å². The van der Waals surface area contributed by atoms with Crippen LogP contribution in [0, 0.1) is 0 Å².